The lowest BCUT2D eigenvalue weighted by molar-refractivity contribution is -0.142. The van der Waals surface area contributed by atoms with E-state index in [2.05, 4.69) is 4.74 Å². The predicted molar refractivity (Wildman–Crippen MR) is 73.4 cm³/mol. The van der Waals surface area contributed by atoms with E-state index in [0.29, 0.717) is 12.3 Å². The summed E-state index contributed by atoms with van der Waals surface area (Å²) in [4.78, 5) is 25.2. The summed E-state index contributed by atoms with van der Waals surface area (Å²) in [5.74, 6) is 0.217. The molecule has 1 aromatic rings. The minimum absolute atomic E-state index is 0.132. The van der Waals surface area contributed by atoms with Crippen LogP contribution in [0.2, 0.25) is 0 Å². The molecule has 1 fully saturated rings. The molecule has 20 heavy (non-hydrogen) atoms. The first kappa shape index (κ1) is 14.4. The third kappa shape index (κ3) is 3.73. The molecule has 5 heteroatoms. The van der Waals surface area contributed by atoms with E-state index >= 15 is 0 Å². The summed E-state index contributed by atoms with van der Waals surface area (Å²) in [6.07, 6.45) is 2.57. The van der Waals surface area contributed by atoms with Crippen LogP contribution in [0.4, 0.5) is 4.79 Å². The van der Waals surface area contributed by atoms with Crippen LogP contribution in [0.1, 0.15) is 25.7 Å². The molecule has 1 saturated heterocycles. The number of likely N-dealkylation sites (tertiary alicyclic amines) is 1. The van der Waals surface area contributed by atoms with Gasteiger partial charge in [-0.1, -0.05) is 18.2 Å². The van der Waals surface area contributed by atoms with Crippen molar-refractivity contribution in [1.29, 1.82) is 0 Å². The van der Waals surface area contributed by atoms with Gasteiger partial charge in [-0.05, 0) is 31.4 Å². The molecule has 1 aliphatic heterocycles. The second-order valence-corrected chi connectivity index (χ2v) is 4.80. The molecule has 1 aliphatic rings. The van der Waals surface area contributed by atoms with Gasteiger partial charge in [0.25, 0.3) is 0 Å². The van der Waals surface area contributed by atoms with Gasteiger partial charge in [0.05, 0.1) is 13.5 Å². The zero-order valence-electron chi connectivity index (χ0n) is 11.6. The summed E-state index contributed by atoms with van der Waals surface area (Å²) in [5.41, 5.74) is 0. The first-order valence-electron chi connectivity index (χ1n) is 6.81. The Morgan fingerprint density at radius 1 is 1.25 bits per heavy atom. The monoisotopic (exact) mass is 277 g/mol. The molecule has 5 nitrogen and oxygen atoms in total. The second kappa shape index (κ2) is 6.93. The van der Waals surface area contributed by atoms with E-state index < -0.39 is 6.09 Å². The Kier molecular flexibility index (Phi) is 4.98. The molecule has 0 N–H and O–H groups in total. The molecule has 0 radical (unpaired) electrons. The molecule has 0 spiro atoms. The summed E-state index contributed by atoms with van der Waals surface area (Å²) >= 11 is 0. The molecule has 1 atom stereocenters. The lowest BCUT2D eigenvalue weighted by Crippen LogP contribution is -2.46. The van der Waals surface area contributed by atoms with Gasteiger partial charge in [-0.2, -0.15) is 0 Å². The number of carbonyl (C=O) groups excluding carboxylic acids is 2. The van der Waals surface area contributed by atoms with E-state index in [9.17, 15) is 9.59 Å². The average molecular weight is 277 g/mol. The predicted octanol–water partition coefficient (Wildman–Crippen LogP) is 2.60. The van der Waals surface area contributed by atoms with Crippen molar-refractivity contribution < 1.29 is 19.1 Å². The van der Waals surface area contributed by atoms with Crippen LogP contribution < -0.4 is 4.74 Å². The largest absolute Gasteiger partial charge is 0.469 e. The average Bonchev–Trinajstić information content (AvgIpc) is 2.48. The van der Waals surface area contributed by atoms with Gasteiger partial charge < -0.3 is 14.4 Å². The highest BCUT2D eigenvalue weighted by atomic mass is 16.6. The van der Waals surface area contributed by atoms with Gasteiger partial charge in [-0.25, -0.2) is 4.79 Å². The van der Waals surface area contributed by atoms with Crippen LogP contribution in [-0.4, -0.2) is 36.7 Å². The van der Waals surface area contributed by atoms with Crippen molar-refractivity contribution in [3.05, 3.63) is 30.3 Å². The number of methoxy groups -OCH3 is 1. The molecule has 2 rings (SSSR count). The number of benzene rings is 1. The molecular formula is C15H19NO4. The molecule has 1 unspecified atom stereocenters. The van der Waals surface area contributed by atoms with E-state index in [0.717, 1.165) is 19.3 Å². The fourth-order valence-electron chi connectivity index (χ4n) is 2.38. The van der Waals surface area contributed by atoms with Crippen LogP contribution in [0.3, 0.4) is 0 Å². The van der Waals surface area contributed by atoms with Crippen LogP contribution in [0.5, 0.6) is 5.75 Å². The maximum absolute atomic E-state index is 12.2. The maximum Gasteiger partial charge on any atom is 0.415 e. The second-order valence-electron chi connectivity index (χ2n) is 4.80. The number of rotatable bonds is 3. The van der Waals surface area contributed by atoms with Crippen LogP contribution in [-0.2, 0) is 9.53 Å². The lowest BCUT2D eigenvalue weighted by Gasteiger charge is -2.34. The van der Waals surface area contributed by atoms with Gasteiger partial charge in [0.1, 0.15) is 5.75 Å². The number of amides is 1. The standard InChI is InChI=1S/C15H19NO4/c1-19-14(17)11-12-7-5-6-10-16(12)15(18)20-13-8-3-2-4-9-13/h2-4,8-9,12H,5-7,10-11H2,1H3. The van der Waals surface area contributed by atoms with Gasteiger partial charge in [0.15, 0.2) is 0 Å². The molecule has 0 bridgehead atoms. The highest BCUT2D eigenvalue weighted by Crippen LogP contribution is 2.22. The van der Waals surface area contributed by atoms with E-state index in [1.807, 2.05) is 18.2 Å². The number of carbonyl (C=O) groups is 2. The third-order valence-electron chi connectivity index (χ3n) is 3.44. The Bertz CT molecular complexity index is 460. The zero-order chi connectivity index (χ0) is 14.4. The molecule has 1 heterocycles. The van der Waals surface area contributed by atoms with Crippen molar-refractivity contribution in [3.63, 3.8) is 0 Å². The van der Waals surface area contributed by atoms with Crippen molar-refractivity contribution in [3.8, 4) is 5.75 Å². The molecular weight excluding hydrogens is 258 g/mol. The summed E-state index contributed by atoms with van der Waals surface area (Å²) < 4.78 is 10.0. The highest BCUT2D eigenvalue weighted by Gasteiger charge is 2.30. The molecule has 1 aromatic carbocycles. The Labute approximate surface area is 118 Å². The van der Waals surface area contributed by atoms with Crippen LogP contribution >= 0.6 is 0 Å². The fourth-order valence-corrected chi connectivity index (χ4v) is 2.38. The smallest absolute Gasteiger partial charge is 0.415 e. The number of hydrogen-bond donors (Lipinski definition) is 0. The van der Waals surface area contributed by atoms with Crippen molar-refractivity contribution in [2.45, 2.75) is 31.7 Å². The minimum atomic E-state index is -0.398. The van der Waals surface area contributed by atoms with E-state index in [-0.39, 0.29) is 18.4 Å². The molecule has 108 valence electrons. The van der Waals surface area contributed by atoms with Gasteiger partial charge in [-0.3, -0.25) is 4.79 Å². The Morgan fingerprint density at radius 2 is 2.00 bits per heavy atom. The quantitative estimate of drug-likeness (QED) is 0.797. The molecule has 0 aliphatic carbocycles. The normalized spacial score (nSPS) is 18.4. The SMILES string of the molecule is COC(=O)CC1CCCCN1C(=O)Oc1ccccc1. The van der Waals surface area contributed by atoms with E-state index in [4.69, 9.17) is 4.74 Å². The Balaban J connectivity index is 2.00. The van der Waals surface area contributed by atoms with Gasteiger partial charge in [0, 0.05) is 12.6 Å². The van der Waals surface area contributed by atoms with E-state index in [1.54, 1.807) is 17.0 Å². The number of ether oxygens (including phenoxy) is 2. The van der Waals surface area contributed by atoms with Gasteiger partial charge >= 0.3 is 12.1 Å². The van der Waals surface area contributed by atoms with Crippen LogP contribution in [0, 0.1) is 0 Å². The van der Waals surface area contributed by atoms with Gasteiger partial charge in [-0.15, -0.1) is 0 Å². The summed E-state index contributed by atoms with van der Waals surface area (Å²) in [6, 6.07) is 8.81. The number of esters is 1. The highest BCUT2D eigenvalue weighted by molar-refractivity contribution is 5.74. The van der Waals surface area contributed by atoms with Crippen molar-refractivity contribution >= 4 is 12.1 Å². The van der Waals surface area contributed by atoms with Crippen molar-refractivity contribution in [1.82, 2.24) is 4.90 Å². The van der Waals surface area contributed by atoms with Crippen molar-refractivity contribution in [2.24, 2.45) is 0 Å². The minimum Gasteiger partial charge on any atom is -0.469 e. The van der Waals surface area contributed by atoms with Crippen LogP contribution in [0.25, 0.3) is 0 Å². The summed E-state index contributed by atoms with van der Waals surface area (Å²) in [6.45, 7) is 0.618. The van der Waals surface area contributed by atoms with Crippen LogP contribution in [0.15, 0.2) is 30.3 Å². The van der Waals surface area contributed by atoms with E-state index in [1.165, 1.54) is 7.11 Å². The summed E-state index contributed by atoms with van der Waals surface area (Å²) in [7, 11) is 1.36. The first-order chi connectivity index (χ1) is 9.70. The van der Waals surface area contributed by atoms with Crippen molar-refractivity contribution in [2.75, 3.05) is 13.7 Å². The van der Waals surface area contributed by atoms with Gasteiger partial charge in [0.2, 0.25) is 0 Å². The fraction of sp³-hybridized carbons (Fsp3) is 0.467. The molecule has 0 saturated carbocycles. The molecule has 1 amide bonds. The first-order valence-corrected chi connectivity index (χ1v) is 6.81. The number of hydrogen-bond acceptors (Lipinski definition) is 4. The zero-order valence-corrected chi connectivity index (χ0v) is 11.6. The topological polar surface area (TPSA) is 55.8 Å². The molecule has 0 aromatic heterocycles. The maximum atomic E-state index is 12.2. The number of piperidine rings is 1. The number of para-hydroxylation sites is 1. The number of nitrogens with zero attached hydrogens (tertiary/aromatic N) is 1. The Morgan fingerprint density at radius 3 is 2.70 bits per heavy atom. The summed E-state index contributed by atoms with van der Waals surface area (Å²) in [5, 5.41) is 0. The lowest BCUT2D eigenvalue weighted by atomic mass is 10.00. The Hall–Kier alpha value is -2.04. The third-order valence-corrected chi connectivity index (χ3v) is 3.44.